The van der Waals surface area contributed by atoms with Crippen LogP contribution in [0.25, 0.3) is 0 Å². The topological polar surface area (TPSA) is 72.9 Å². The van der Waals surface area contributed by atoms with E-state index in [1.807, 2.05) is 20.8 Å². The second-order valence-electron chi connectivity index (χ2n) is 3.81. The fraction of sp³-hybridized carbons (Fsp3) is 0.600. The highest BCUT2D eigenvalue weighted by molar-refractivity contribution is 5.98. The first-order valence-electron chi connectivity index (χ1n) is 5.09. The molecule has 1 rings (SSSR count). The highest BCUT2D eigenvalue weighted by atomic mass is 16.2. The van der Waals surface area contributed by atoms with Gasteiger partial charge in [-0.15, -0.1) is 0 Å². The maximum Gasteiger partial charge on any atom is 0.271 e. The molecule has 1 aromatic heterocycles. The summed E-state index contributed by atoms with van der Waals surface area (Å²) in [5.74, 6) is -0.169. The number of nitrogens with two attached hydrogens (primary N) is 1. The Bertz CT molecular complexity index is 368. The predicted octanol–water partition coefficient (Wildman–Crippen LogP) is 0.703. The van der Waals surface area contributed by atoms with E-state index >= 15 is 0 Å². The lowest BCUT2D eigenvalue weighted by molar-refractivity contribution is 0.0934. The van der Waals surface area contributed by atoms with Crippen molar-refractivity contribution >= 4 is 11.6 Å². The van der Waals surface area contributed by atoms with Crippen molar-refractivity contribution in [3.63, 3.8) is 0 Å². The van der Waals surface area contributed by atoms with Gasteiger partial charge in [0, 0.05) is 13.1 Å². The largest absolute Gasteiger partial charge is 0.395 e. The fourth-order valence-electron chi connectivity index (χ4n) is 1.46. The van der Waals surface area contributed by atoms with Gasteiger partial charge in [-0.1, -0.05) is 6.92 Å². The smallest absolute Gasteiger partial charge is 0.271 e. The summed E-state index contributed by atoms with van der Waals surface area (Å²) in [5.41, 5.74) is 7.55. The van der Waals surface area contributed by atoms with Crippen LogP contribution >= 0.6 is 0 Å². The molecule has 84 valence electrons. The number of carbonyl (C=O) groups excluding carboxylic acids is 1. The number of amides is 1. The molecular formula is C10H18N4O. The number of aromatic nitrogens is 2. The number of nitrogen functional groups attached to an aromatic ring is 1. The Morgan fingerprint density at radius 3 is 2.60 bits per heavy atom. The molecule has 15 heavy (non-hydrogen) atoms. The molecule has 0 aromatic carbocycles. The predicted molar refractivity (Wildman–Crippen MR) is 59.6 cm³/mol. The molecule has 0 unspecified atom stereocenters. The molecule has 0 fully saturated rings. The zero-order valence-electron chi connectivity index (χ0n) is 9.66. The number of nitrogens with one attached hydrogen (secondary N) is 1. The lowest BCUT2D eigenvalue weighted by Crippen LogP contribution is -2.32. The first-order chi connectivity index (χ1) is 6.97. The molecule has 3 N–H and O–H groups in total. The third-order valence-electron chi connectivity index (χ3n) is 2.13. The van der Waals surface area contributed by atoms with Crippen LogP contribution < -0.4 is 11.1 Å². The maximum absolute atomic E-state index is 11.8. The summed E-state index contributed by atoms with van der Waals surface area (Å²) in [7, 11) is 1.73. The Hall–Kier alpha value is -1.52. The summed E-state index contributed by atoms with van der Waals surface area (Å²) >= 11 is 0. The summed E-state index contributed by atoms with van der Waals surface area (Å²) in [6, 6.07) is 0.0943. The summed E-state index contributed by atoms with van der Waals surface area (Å²) in [6.45, 7) is 5.78. The monoisotopic (exact) mass is 210 g/mol. The number of aryl methyl sites for hydroxylation is 2. The molecule has 0 radical (unpaired) electrons. The molecule has 5 heteroatoms. The highest BCUT2D eigenvalue weighted by Gasteiger charge is 2.19. The van der Waals surface area contributed by atoms with E-state index in [1.54, 1.807) is 7.05 Å². The van der Waals surface area contributed by atoms with Gasteiger partial charge < -0.3 is 11.1 Å². The van der Waals surface area contributed by atoms with E-state index in [4.69, 9.17) is 5.73 Å². The van der Waals surface area contributed by atoms with Crippen molar-refractivity contribution in [3.8, 4) is 0 Å². The Morgan fingerprint density at radius 2 is 2.20 bits per heavy atom. The van der Waals surface area contributed by atoms with Crippen LogP contribution in [0.1, 0.15) is 37.0 Å². The molecule has 0 aliphatic rings. The lowest BCUT2D eigenvalue weighted by Gasteiger charge is -2.08. The molecule has 5 nitrogen and oxygen atoms in total. The minimum atomic E-state index is -0.169. The Morgan fingerprint density at radius 1 is 1.60 bits per heavy atom. The van der Waals surface area contributed by atoms with Crippen molar-refractivity contribution < 1.29 is 4.79 Å². The Labute approximate surface area is 89.6 Å². The van der Waals surface area contributed by atoms with Gasteiger partial charge in [0.15, 0.2) is 0 Å². The van der Waals surface area contributed by atoms with Crippen LogP contribution in [-0.2, 0) is 13.5 Å². The van der Waals surface area contributed by atoms with Crippen molar-refractivity contribution in [3.05, 3.63) is 11.4 Å². The first kappa shape index (κ1) is 11.6. The number of hydrogen-bond donors (Lipinski definition) is 2. The second-order valence-corrected chi connectivity index (χ2v) is 3.81. The SMILES string of the molecule is CCc1nn(C)c(C(=O)NC(C)C)c1N. The molecule has 1 aromatic rings. The highest BCUT2D eigenvalue weighted by Crippen LogP contribution is 2.16. The molecule has 0 aliphatic heterocycles. The van der Waals surface area contributed by atoms with Gasteiger partial charge in [0.25, 0.3) is 5.91 Å². The average Bonchev–Trinajstić information content (AvgIpc) is 2.40. The number of hydrogen-bond acceptors (Lipinski definition) is 3. The molecule has 0 bridgehead atoms. The van der Waals surface area contributed by atoms with Gasteiger partial charge in [-0.05, 0) is 20.3 Å². The summed E-state index contributed by atoms with van der Waals surface area (Å²) in [4.78, 5) is 11.8. The van der Waals surface area contributed by atoms with E-state index in [0.717, 1.165) is 12.1 Å². The summed E-state index contributed by atoms with van der Waals surface area (Å²) < 4.78 is 1.53. The normalized spacial score (nSPS) is 10.7. The molecule has 0 spiro atoms. The second kappa shape index (κ2) is 4.33. The van der Waals surface area contributed by atoms with Gasteiger partial charge in [-0.2, -0.15) is 5.10 Å². The number of carbonyl (C=O) groups is 1. The van der Waals surface area contributed by atoms with Crippen LogP contribution in [0.4, 0.5) is 5.69 Å². The van der Waals surface area contributed by atoms with Crippen molar-refractivity contribution in [1.82, 2.24) is 15.1 Å². The van der Waals surface area contributed by atoms with E-state index in [1.165, 1.54) is 4.68 Å². The van der Waals surface area contributed by atoms with Gasteiger partial charge in [-0.25, -0.2) is 0 Å². The Balaban J connectivity index is 3.03. The lowest BCUT2D eigenvalue weighted by atomic mass is 10.2. The molecule has 0 aliphatic carbocycles. The van der Waals surface area contributed by atoms with Gasteiger partial charge in [0.1, 0.15) is 5.69 Å². The fourth-order valence-corrected chi connectivity index (χ4v) is 1.46. The standard InChI is InChI=1S/C10H18N4O/c1-5-7-8(11)9(14(4)13-7)10(15)12-6(2)3/h6H,5,11H2,1-4H3,(H,12,15). The molecular weight excluding hydrogens is 192 g/mol. The van der Waals surface area contributed by atoms with E-state index in [-0.39, 0.29) is 11.9 Å². The van der Waals surface area contributed by atoms with Crippen LogP contribution in [0.5, 0.6) is 0 Å². The molecule has 0 saturated carbocycles. The third-order valence-corrected chi connectivity index (χ3v) is 2.13. The zero-order chi connectivity index (χ0) is 11.6. The van der Waals surface area contributed by atoms with E-state index < -0.39 is 0 Å². The van der Waals surface area contributed by atoms with Gasteiger partial charge >= 0.3 is 0 Å². The minimum absolute atomic E-state index is 0.0943. The maximum atomic E-state index is 11.8. The molecule has 1 amide bonds. The number of rotatable bonds is 3. The van der Waals surface area contributed by atoms with Crippen LogP contribution in [-0.4, -0.2) is 21.7 Å². The van der Waals surface area contributed by atoms with Crippen LogP contribution in [0.15, 0.2) is 0 Å². The van der Waals surface area contributed by atoms with Crippen molar-refractivity contribution in [2.75, 3.05) is 5.73 Å². The molecule has 0 saturated heterocycles. The van der Waals surface area contributed by atoms with E-state index in [0.29, 0.717) is 11.4 Å². The van der Waals surface area contributed by atoms with Crippen LogP contribution in [0.2, 0.25) is 0 Å². The summed E-state index contributed by atoms with van der Waals surface area (Å²) in [5, 5.41) is 6.99. The van der Waals surface area contributed by atoms with Gasteiger partial charge in [-0.3, -0.25) is 9.48 Å². The first-order valence-corrected chi connectivity index (χ1v) is 5.09. The van der Waals surface area contributed by atoms with Crippen molar-refractivity contribution in [2.24, 2.45) is 7.05 Å². The van der Waals surface area contributed by atoms with Gasteiger partial charge in [0.05, 0.1) is 11.4 Å². The average molecular weight is 210 g/mol. The van der Waals surface area contributed by atoms with Crippen molar-refractivity contribution in [2.45, 2.75) is 33.2 Å². The van der Waals surface area contributed by atoms with E-state index in [9.17, 15) is 4.79 Å². The van der Waals surface area contributed by atoms with Crippen LogP contribution in [0, 0.1) is 0 Å². The third kappa shape index (κ3) is 2.29. The van der Waals surface area contributed by atoms with Crippen LogP contribution in [0.3, 0.4) is 0 Å². The quantitative estimate of drug-likeness (QED) is 0.771. The number of anilines is 1. The van der Waals surface area contributed by atoms with Crippen molar-refractivity contribution in [1.29, 1.82) is 0 Å². The van der Waals surface area contributed by atoms with Gasteiger partial charge in [0.2, 0.25) is 0 Å². The minimum Gasteiger partial charge on any atom is -0.395 e. The zero-order valence-corrected chi connectivity index (χ0v) is 9.66. The van der Waals surface area contributed by atoms with E-state index in [2.05, 4.69) is 10.4 Å². The molecule has 0 atom stereocenters. The Kier molecular flexibility index (Phi) is 3.34. The molecule has 1 heterocycles. The summed E-state index contributed by atoms with van der Waals surface area (Å²) in [6.07, 6.45) is 0.731. The number of nitrogens with zero attached hydrogens (tertiary/aromatic N) is 2.